The molecule has 0 N–H and O–H groups in total. The van der Waals surface area contributed by atoms with Crippen LogP contribution in [-0.2, 0) is 7.05 Å². The average Bonchev–Trinajstić information content (AvgIpc) is 2.54. The third kappa shape index (κ3) is 2.81. The normalized spacial score (nSPS) is 10.9. The predicted octanol–water partition coefficient (Wildman–Crippen LogP) is 4.26. The van der Waals surface area contributed by atoms with Gasteiger partial charge < -0.3 is 0 Å². The molecule has 0 amide bonds. The number of aryl methyl sites for hydroxylation is 2. The second-order valence-corrected chi connectivity index (χ2v) is 6.07. The Morgan fingerprint density at radius 1 is 1.17 bits per heavy atom. The first-order chi connectivity index (χ1) is 11.4. The Labute approximate surface area is 147 Å². The molecule has 0 aliphatic heterocycles. The van der Waals surface area contributed by atoms with Crippen LogP contribution in [0.5, 0.6) is 0 Å². The maximum absolute atomic E-state index is 13.4. The molecule has 3 rings (SSSR count). The van der Waals surface area contributed by atoms with Crippen molar-refractivity contribution in [2.24, 2.45) is 7.05 Å². The van der Waals surface area contributed by atoms with Gasteiger partial charge in [0.05, 0.1) is 5.02 Å². The van der Waals surface area contributed by atoms with E-state index in [1.54, 1.807) is 12.4 Å². The lowest BCUT2D eigenvalue weighted by Gasteiger charge is -2.15. The Morgan fingerprint density at radius 2 is 1.92 bits per heavy atom. The highest BCUT2D eigenvalue weighted by Crippen LogP contribution is 2.38. The minimum Gasteiger partial charge on any atom is -0.266 e. The number of benzene rings is 1. The van der Waals surface area contributed by atoms with Gasteiger partial charge in [-0.05, 0) is 36.8 Å². The van der Waals surface area contributed by atoms with Gasteiger partial charge >= 0.3 is 0 Å². The summed E-state index contributed by atoms with van der Waals surface area (Å²) in [5, 5.41) is 4.45. The maximum atomic E-state index is 13.4. The van der Waals surface area contributed by atoms with Crippen LogP contribution in [0.1, 0.15) is 5.56 Å². The van der Waals surface area contributed by atoms with Crippen LogP contribution >= 0.6 is 23.2 Å². The summed E-state index contributed by atoms with van der Waals surface area (Å²) < 4.78 is 14.5. The van der Waals surface area contributed by atoms with Gasteiger partial charge in [0.1, 0.15) is 16.5 Å². The first-order valence-electron chi connectivity index (χ1n) is 7.03. The van der Waals surface area contributed by atoms with Gasteiger partial charge in [0.15, 0.2) is 0 Å². The van der Waals surface area contributed by atoms with E-state index in [0.717, 1.165) is 10.2 Å². The summed E-state index contributed by atoms with van der Waals surface area (Å²) in [4.78, 5) is 16.4. The van der Waals surface area contributed by atoms with Crippen LogP contribution in [0.4, 0.5) is 4.39 Å². The fourth-order valence-electron chi connectivity index (χ4n) is 2.44. The van der Waals surface area contributed by atoms with Crippen molar-refractivity contribution in [3.63, 3.8) is 0 Å². The molecule has 4 nitrogen and oxygen atoms in total. The summed E-state index contributed by atoms with van der Waals surface area (Å²) in [7, 11) is 1.51. The summed E-state index contributed by atoms with van der Waals surface area (Å²) in [5.74, 6) is -0.476. The molecule has 2 aromatic heterocycles. The molecule has 122 valence electrons. The zero-order valence-corrected chi connectivity index (χ0v) is 14.4. The molecular formula is C17H12Cl2FN3O. The Hall–Kier alpha value is -2.24. The van der Waals surface area contributed by atoms with Crippen molar-refractivity contribution in [2.75, 3.05) is 0 Å². The van der Waals surface area contributed by atoms with E-state index in [0.29, 0.717) is 22.4 Å². The molecule has 3 aromatic rings. The minimum atomic E-state index is -0.476. The van der Waals surface area contributed by atoms with Crippen LogP contribution in [0.2, 0.25) is 10.0 Å². The monoisotopic (exact) mass is 363 g/mol. The summed E-state index contributed by atoms with van der Waals surface area (Å²) >= 11 is 12.5. The smallest absolute Gasteiger partial charge is 0.266 e. The Balaban J connectivity index is 2.43. The lowest BCUT2D eigenvalue weighted by Crippen LogP contribution is -2.22. The SMILES string of the molecule is Cc1ccncc1-c1nn(C)c(=O)c(Cl)c1-c1ccc(F)cc1Cl. The van der Waals surface area contributed by atoms with E-state index < -0.39 is 11.4 Å². The molecular weight excluding hydrogens is 352 g/mol. The van der Waals surface area contributed by atoms with Crippen molar-refractivity contribution in [3.8, 4) is 22.4 Å². The van der Waals surface area contributed by atoms with E-state index in [1.807, 2.05) is 13.0 Å². The number of halogens is 3. The van der Waals surface area contributed by atoms with Crippen LogP contribution in [0.3, 0.4) is 0 Å². The number of nitrogens with zero attached hydrogens (tertiary/aromatic N) is 3. The zero-order valence-electron chi connectivity index (χ0n) is 12.8. The van der Waals surface area contributed by atoms with Gasteiger partial charge in [0.2, 0.25) is 0 Å². The fourth-order valence-corrected chi connectivity index (χ4v) is 3.01. The van der Waals surface area contributed by atoms with Crippen LogP contribution < -0.4 is 5.56 Å². The molecule has 24 heavy (non-hydrogen) atoms. The van der Waals surface area contributed by atoms with Crippen LogP contribution in [0.25, 0.3) is 22.4 Å². The minimum absolute atomic E-state index is 0.0285. The summed E-state index contributed by atoms with van der Waals surface area (Å²) in [6, 6.07) is 5.74. The predicted molar refractivity (Wildman–Crippen MR) is 92.9 cm³/mol. The quantitative estimate of drug-likeness (QED) is 0.683. The Bertz CT molecular complexity index is 1000. The molecule has 0 atom stereocenters. The second kappa shape index (κ2) is 6.34. The van der Waals surface area contributed by atoms with Crippen molar-refractivity contribution in [1.82, 2.24) is 14.8 Å². The molecule has 2 heterocycles. The number of hydrogen-bond donors (Lipinski definition) is 0. The molecule has 0 radical (unpaired) electrons. The van der Waals surface area contributed by atoms with Crippen molar-refractivity contribution >= 4 is 23.2 Å². The van der Waals surface area contributed by atoms with E-state index in [-0.39, 0.29) is 10.0 Å². The van der Waals surface area contributed by atoms with Gasteiger partial charge in [-0.3, -0.25) is 9.78 Å². The maximum Gasteiger partial charge on any atom is 0.285 e. The molecule has 7 heteroatoms. The van der Waals surface area contributed by atoms with Crippen LogP contribution in [0, 0.1) is 12.7 Å². The zero-order chi connectivity index (χ0) is 17.4. The molecule has 0 aliphatic rings. The average molecular weight is 364 g/mol. The van der Waals surface area contributed by atoms with Crippen molar-refractivity contribution in [1.29, 1.82) is 0 Å². The largest absolute Gasteiger partial charge is 0.285 e. The molecule has 0 saturated heterocycles. The highest BCUT2D eigenvalue weighted by atomic mass is 35.5. The van der Waals surface area contributed by atoms with E-state index in [4.69, 9.17) is 23.2 Å². The van der Waals surface area contributed by atoms with E-state index in [1.165, 1.54) is 25.2 Å². The summed E-state index contributed by atoms with van der Waals surface area (Å²) in [6.07, 6.45) is 3.30. The highest BCUT2D eigenvalue weighted by Gasteiger charge is 2.21. The van der Waals surface area contributed by atoms with Gasteiger partial charge in [0, 0.05) is 36.1 Å². The third-order valence-electron chi connectivity index (χ3n) is 3.68. The summed E-state index contributed by atoms with van der Waals surface area (Å²) in [5.41, 5.74) is 2.42. The highest BCUT2D eigenvalue weighted by molar-refractivity contribution is 6.37. The molecule has 0 bridgehead atoms. The van der Waals surface area contributed by atoms with Crippen molar-refractivity contribution in [2.45, 2.75) is 6.92 Å². The van der Waals surface area contributed by atoms with E-state index in [2.05, 4.69) is 10.1 Å². The Morgan fingerprint density at radius 3 is 2.58 bits per heavy atom. The number of hydrogen-bond acceptors (Lipinski definition) is 3. The molecule has 1 aromatic carbocycles. The third-order valence-corrected chi connectivity index (χ3v) is 4.35. The van der Waals surface area contributed by atoms with Gasteiger partial charge in [0.25, 0.3) is 5.56 Å². The van der Waals surface area contributed by atoms with Gasteiger partial charge in [-0.15, -0.1) is 0 Å². The standard InChI is InChI=1S/C17H12Cl2FN3O/c1-9-5-6-21-8-12(9)16-14(15(19)17(24)23(2)22-16)11-4-3-10(20)7-13(11)18/h3-8H,1-2H3. The lowest BCUT2D eigenvalue weighted by molar-refractivity contribution is 0.628. The number of aromatic nitrogens is 3. The van der Waals surface area contributed by atoms with Gasteiger partial charge in [-0.2, -0.15) is 5.10 Å². The molecule has 0 spiro atoms. The fraction of sp³-hybridized carbons (Fsp3) is 0.118. The topological polar surface area (TPSA) is 47.8 Å². The number of rotatable bonds is 2. The summed E-state index contributed by atoms with van der Waals surface area (Å²) in [6.45, 7) is 1.90. The number of pyridine rings is 1. The Kier molecular flexibility index (Phi) is 4.39. The molecule has 0 unspecified atom stereocenters. The van der Waals surface area contributed by atoms with Crippen molar-refractivity contribution < 1.29 is 4.39 Å². The first kappa shape index (κ1) is 16.6. The van der Waals surface area contributed by atoms with E-state index in [9.17, 15) is 9.18 Å². The van der Waals surface area contributed by atoms with Crippen molar-refractivity contribution in [3.05, 3.63) is 68.4 Å². The van der Waals surface area contributed by atoms with Gasteiger partial charge in [-0.1, -0.05) is 23.2 Å². The van der Waals surface area contributed by atoms with Crippen LogP contribution in [0.15, 0.2) is 41.5 Å². The second-order valence-electron chi connectivity index (χ2n) is 5.28. The van der Waals surface area contributed by atoms with Gasteiger partial charge in [-0.25, -0.2) is 9.07 Å². The van der Waals surface area contributed by atoms with Crippen LogP contribution in [-0.4, -0.2) is 14.8 Å². The molecule has 0 fully saturated rings. The molecule has 0 aliphatic carbocycles. The molecule has 0 saturated carbocycles. The first-order valence-corrected chi connectivity index (χ1v) is 7.79. The van der Waals surface area contributed by atoms with E-state index >= 15 is 0 Å². The lowest BCUT2D eigenvalue weighted by atomic mass is 9.98.